The first-order valence-electron chi connectivity index (χ1n) is 17.7. The molecule has 2 fully saturated rings. The Morgan fingerprint density at radius 2 is 1.56 bits per heavy atom. The first kappa shape index (κ1) is 35.2. The summed E-state index contributed by atoms with van der Waals surface area (Å²) in [6.45, 7) is 30.1. The summed E-state index contributed by atoms with van der Waals surface area (Å²) < 4.78 is 19.5. The minimum absolute atomic E-state index is 0.00548. The van der Waals surface area contributed by atoms with Gasteiger partial charge in [-0.3, -0.25) is 4.79 Å². The molecule has 0 unspecified atom stereocenters. The van der Waals surface area contributed by atoms with Crippen molar-refractivity contribution < 1.29 is 18.1 Å². The van der Waals surface area contributed by atoms with E-state index in [4.69, 9.17) is 13.3 Å². The summed E-state index contributed by atoms with van der Waals surface area (Å²) in [6, 6.07) is 0. The maximum Gasteiger partial charge on any atom is 0.295 e. The summed E-state index contributed by atoms with van der Waals surface area (Å²) in [5.41, 5.74) is 2.11. The van der Waals surface area contributed by atoms with Gasteiger partial charge in [0.15, 0.2) is 8.32 Å². The van der Waals surface area contributed by atoms with Crippen molar-refractivity contribution >= 4 is 30.9 Å². The Bertz CT molecular complexity index is 1080. The summed E-state index contributed by atoms with van der Waals surface area (Å²) in [5.74, 6) is 4.70. The molecule has 7 heteroatoms. The Labute approximate surface area is 268 Å². The normalized spacial score (nSPS) is 36.0. The van der Waals surface area contributed by atoms with Crippen LogP contribution in [0, 0.1) is 46.3 Å². The van der Waals surface area contributed by atoms with Crippen LogP contribution in [0.1, 0.15) is 85.5 Å². The highest BCUT2D eigenvalue weighted by molar-refractivity contribution is 6.71. The molecule has 9 atom stereocenters. The van der Waals surface area contributed by atoms with Crippen molar-refractivity contribution in [1.82, 2.24) is 0 Å². The average molecular weight is 647 g/mol. The van der Waals surface area contributed by atoms with E-state index < -0.39 is 25.0 Å². The van der Waals surface area contributed by atoms with Gasteiger partial charge in [-0.25, -0.2) is 0 Å². The molecule has 0 aromatic carbocycles. The molecular weight excluding hydrogens is 581 g/mol. The molecule has 246 valence electrons. The minimum Gasteiger partial charge on any atom is -0.547 e. The van der Waals surface area contributed by atoms with Crippen LogP contribution in [-0.2, 0) is 18.1 Å². The van der Waals surface area contributed by atoms with E-state index in [2.05, 4.69) is 98.8 Å². The van der Waals surface area contributed by atoms with Crippen LogP contribution in [0.25, 0.3) is 0 Å². The first-order valence-corrected chi connectivity index (χ1v) is 27.9. The molecule has 0 radical (unpaired) electrons. The Morgan fingerprint density at radius 3 is 2.16 bits per heavy atom. The lowest BCUT2D eigenvalue weighted by Crippen LogP contribution is -2.56. The van der Waals surface area contributed by atoms with E-state index in [1.807, 2.05) is 0 Å². The fraction of sp³-hybridized carbons (Fsp3) is 0.861. The van der Waals surface area contributed by atoms with Crippen molar-refractivity contribution in [2.45, 2.75) is 151 Å². The van der Waals surface area contributed by atoms with Gasteiger partial charge in [0, 0.05) is 6.42 Å². The predicted octanol–water partition coefficient (Wildman–Crippen LogP) is 10.6. The van der Waals surface area contributed by atoms with Crippen LogP contribution in [0.5, 0.6) is 0 Å². The number of hydrogen-bond donors (Lipinski definition) is 0. The minimum atomic E-state index is -1.83. The van der Waals surface area contributed by atoms with Crippen LogP contribution < -0.4 is 0 Å². The zero-order valence-corrected chi connectivity index (χ0v) is 33.2. The van der Waals surface area contributed by atoms with Crippen LogP contribution in [0.15, 0.2) is 23.5 Å². The van der Waals surface area contributed by atoms with Crippen LogP contribution in [0.2, 0.25) is 58.9 Å². The Kier molecular flexibility index (Phi) is 10.3. The maximum absolute atomic E-state index is 12.6. The highest BCUT2D eigenvalue weighted by atomic mass is 28.4. The number of rotatable bonds is 11. The van der Waals surface area contributed by atoms with Gasteiger partial charge in [0.1, 0.15) is 0 Å². The number of fused-ring (bicyclic) bond motifs is 5. The third-order valence-electron chi connectivity index (χ3n) is 11.5. The quantitative estimate of drug-likeness (QED) is 0.210. The van der Waals surface area contributed by atoms with E-state index in [1.165, 1.54) is 49.9 Å². The predicted molar refractivity (Wildman–Crippen MR) is 188 cm³/mol. The second-order valence-corrected chi connectivity index (χ2v) is 31.7. The Hall–Kier alpha value is -0.639. The van der Waals surface area contributed by atoms with Gasteiger partial charge in [0.2, 0.25) is 16.6 Å². The van der Waals surface area contributed by atoms with Crippen LogP contribution in [-0.4, -0.2) is 37.0 Å². The van der Waals surface area contributed by atoms with E-state index in [-0.39, 0.29) is 23.4 Å². The molecule has 43 heavy (non-hydrogen) atoms. The van der Waals surface area contributed by atoms with Crippen LogP contribution >= 0.6 is 0 Å². The number of carbonyl (C=O) groups excluding carboxylic acids is 1. The van der Waals surface area contributed by atoms with Gasteiger partial charge in [0.25, 0.3) is 5.97 Å². The van der Waals surface area contributed by atoms with E-state index in [0.29, 0.717) is 23.2 Å². The number of hydrogen-bond acceptors (Lipinski definition) is 4. The molecular formula is C36H66O4Si3. The van der Waals surface area contributed by atoms with E-state index in [9.17, 15) is 4.79 Å². The molecule has 0 spiro atoms. The van der Waals surface area contributed by atoms with Crippen molar-refractivity contribution in [3.8, 4) is 0 Å². The second kappa shape index (κ2) is 12.5. The number of carbonyl (C=O) groups is 1. The van der Waals surface area contributed by atoms with Crippen molar-refractivity contribution in [3.63, 3.8) is 0 Å². The van der Waals surface area contributed by atoms with E-state index in [1.54, 1.807) is 0 Å². The number of allylic oxidation sites excluding steroid dienone is 3. The molecule has 0 heterocycles. The molecule has 0 N–H and O–H groups in total. The molecule has 0 aliphatic heterocycles. The molecule has 4 aliphatic carbocycles. The molecule has 4 rings (SSSR count). The average Bonchev–Trinajstić information content (AvgIpc) is 3.19. The lowest BCUT2D eigenvalue weighted by molar-refractivity contribution is -0.139. The lowest BCUT2D eigenvalue weighted by atomic mass is 9.47. The zero-order valence-electron chi connectivity index (χ0n) is 30.2. The summed E-state index contributed by atoms with van der Waals surface area (Å²) in [5, 5.41) is 0. The van der Waals surface area contributed by atoms with Gasteiger partial charge in [-0.2, -0.15) is 0 Å². The molecule has 0 saturated heterocycles. The fourth-order valence-corrected chi connectivity index (χ4v) is 12.5. The van der Waals surface area contributed by atoms with E-state index in [0.717, 1.165) is 31.1 Å². The second-order valence-electron chi connectivity index (χ2n) is 18.4. The standard InChI is InChI=1S/C36H66O4Si3/c1-25(15-14-16-26(2)34(37)40-43(11,12)13)29-17-18-30-33-31(20-22-36(29,30)4)35(3)21-19-28(38-41(5,6)7)23-27(35)24-32(33)39-42(8,9)10/h23-26,29-33H,14-22H2,1-13H3/t25-,26-,29-,30+,31+,32-,33+,35+,36-/m1/s1. The first-order chi connectivity index (χ1) is 19.6. The molecule has 0 bridgehead atoms. The summed E-state index contributed by atoms with van der Waals surface area (Å²) in [7, 11) is -5.21. The maximum atomic E-state index is 12.6. The van der Waals surface area contributed by atoms with Crippen LogP contribution in [0.3, 0.4) is 0 Å². The van der Waals surface area contributed by atoms with Gasteiger partial charge >= 0.3 is 0 Å². The highest BCUT2D eigenvalue weighted by Gasteiger charge is 2.61. The third kappa shape index (κ3) is 8.02. The molecule has 0 aromatic heterocycles. The van der Waals surface area contributed by atoms with Gasteiger partial charge in [-0.1, -0.05) is 46.6 Å². The summed E-state index contributed by atoms with van der Waals surface area (Å²) in [6.07, 6.45) is 16.1. The molecule has 0 aromatic rings. The van der Waals surface area contributed by atoms with Gasteiger partial charge in [0.05, 0.1) is 17.8 Å². The fourth-order valence-electron chi connectivity index (χ4n) is 9.70. The smallest absolute Gasteiger partial charge is 0.295 e. The van der Waals surface area contributed by atoms with Gasteiger partial charge in [-0.15, -0.1) is 0 Å². The van der Waals surface area contributed by atoms with Crippen molar-refractivity contribution in [1.29, 1.82) is 0 Å². The monoisotopic (exact) mass is 646 g/mol. The zero-order chi connectivity index (χ0) is 32.2. The molecule has 4 nitrogen and oxygen atoms in total. The SMILES string of the molecule is C[C@H](CCC[C@@H](C)[C@H]1CC[C@H]2[C@@H]3[C@H](O[Si](C)(C)C)C=C4C=C(O[Si](C)(C)C)CC[C@]4(C)[C@H]3CC[C@]12C)C(=O)O[Si](C)(C)C. The summed E-state index contributed by atoms with van der Waals surface area (Å²) >= 11 is 0. The Balaban J connectivity index is 1.53. The lowest BCUT2D eigenvalue weighted by Gasteiger charge is -2.60. The largest absolute Gasteiger partial charge is 0.547 e. The molecule has 4 aliphatic rings. The topological polar surface area (TPSA) is 44.8 Å². The van der Waals surface area contributed by atoms with Crippen molar-refractivity contribution in [2.24, 2.45) is 46.3 Å². The molecule has 0 amide bonds. The Morgan fingerprint density at radius 1 is 0.884 bits per heavy atom. The van der Waals surface area contributed by atoms with Gasteiger partial charge < -0.3 is 13.3 Å². The summed E-state index contributed by atoms with van der Waals surface area (Å²) in [4.78, 5) is 12.6. The van der Waals surface area contributed by atoms with Crippen molar-refractivity contribution in [3.05, 3.63) is 23.5 Å². The highest BCUT2D eigenvalue weighted by Crippen LogP contribution is 2.67. The van der Waals surface area contributed by atoms with E-state index >= 15 is 0 Å². The third-order valence-corrected chi connectivity index (χ3v) is 14.2. The van der Waals surface area contributed by atoms with Crippen LogP contribution in [0.4, 0.5) is 0 Å². The van der Waals surface area contributed by atoms with Gasteiger partial charge in [-0.05, 0) is 150 Å². The molecule has 2 saturated carbocycles. The van der Waals surface area contributed by atoms with Crippen molar-refractivity contribution in [2.75, 3.05) is 0 Å².